The van der Waals surface area contributed by atoms with E-state index in [1.807, 2.05) is 12.1 Å². The quantitative estimate of drug-likeness (QED) is 0.396. The van der Waals surface area contributed by atoms with Crippen LogP contribution in [-0.2, 0) is 29.7 Å². The van der Waals surface area contributed by atoms with E-state index in [-0.39, 0.29) is 23.4 Å². The molecule has 3 aromatic heterocycles. The summed E-state index contributed by atoms with van der Waals surface area (Å²) in [5, 5.41) is 9.58. The summed E-state index contributed by atoms with van der Waals surface area (Å²) in [5.74, 6) is 0.0773. The average molecular weight is 487 g/mol. The van der Waals surface area contributed by atoms with Gasteiger partial charge in [-0.05, 0) is 48.4 Å². The summed E-state index contributed by atoms with van der Waals surface area (Å²) in [5.41, 5.74) is 4.89. The number of rotatable bonds is 5. The predicted molar refractivity (Wildman–Crippen MR) is 139 cm³/mol. The minimum Gasteiger partial charge on any atom is -0.358 e. The summed E-state index contributed by atoms with van der Waals surface area (Å²) < 4.78 is 3.06. The van der Waals surface area contributed by atoms with Crippen LogP contribution in [0.1, 0.15) is 37.6 Å². The van der Waals surface area contributed by atoms with Gasteiger partial charge in [-0.3, -0.25) is 14.6 Å². The van der Waals surface area contributed by atoms with Crippen LogP contribution >= 0.6 is 0 Å². The Hall–Kier alpha value is -4.05. The molecule has 0 unspecified atom stereocenters. The Balaban J connectivity index is 1.63. The van der Waals surface area contributed by atoms with Crippen LogP contribution in [0.4, 0.5) is 11.6 Å². The molecule has 0 saturated heterocycles. The van der Waals surface area contributed by atoms with Gasteiger partial charge in [0, 0.05) is 42.8 Å². The normalized spacial score (nSPS) is 13.4. The van der Waals surface area contributed by atoms with Crippen LogP contribution in [-0.4, -0.2) is 43.8 Å². The van der Waals surface area contributed by atoms with Crippen LogP contribution in [0.15, 0.2) is 47.5 Å². The molecule has 186 valence electrons. The molecule has 0 atom stereocenters. The van der Waals surface area contributed by atoms with Gasteiger partial charge in [-0.15, -0.1) is 0 Å². The fourth-order valence-electron chi connectivity index (χ4n) is 4.35. The number of carbonyl (C=O) groups is 1. The molecular formula is C26H30N8O2. The Kier molecular flexibility index (Phi) is 6.05. The smallest absolute Gasteiger partial charge is 0.278 e. The molecule has 1 aromatic carbocycles. The third kappa shape index (κ3) is 4.47. The number of likely N-dealkylation sites (N-methyl/N-ethyl adjacent to an activating group) is 1. The van der Waals surface area contributed by atoms with E-state index in [2.05, 4.69) is 58.8 Å². The highest BCUT2D eigenvalue weighted by Gasteiger charge is 2.22. The molecule has 1 amide bonds. The summed E-state index contributed by atoms with van der Waals surface area (Å²) in [4.78, 5) is 39.3. The Morgan fingerprint density at radius 2 is 1.97 bits per heavy atom. The first-order valence-corrected chi connectivity index (χ1v) is 12.0. The molecule has 0 fully saturated rings. The second-order valence-corrected chi connectivity index (χ2v) is 9.96. The Morgan fingerprint density at radius 1 is 1.14 bits per heavy atom. The molecule has 36 heavy (non-hydrogen) atoms. The first-order valence-electron chi connectivity index (χ1n) is 12.0. The number of fused-ring (bicyclic) bond motifs is 2. The van der Waals surface area contributed by atoms with Crippen molar-refractivity contribution in [3.63, 3.8) is 0 Å². The summed E-state index contributed by atoms with van der Waals surface area (Å²) in [6.07, 6.45) is 4.18. The van der Waals surface area contributed by atoms with Crippen molar-refractivity contribution >= 4 is 28.6 Å². The maximum Gasteiger partial charge on any atom is 0.278 e. The number of aromatic nitrogens is 5. The van der Waals surface area contributed by atoms with Crippen molar-refractivity contribution in [2.75, 3.05) is 18.9 Å². The molecule has 0 spiro atoms. The van der Waals surface area contributed by atoms with Crippen LogP contribution in [0.25, 0.3) is 16.7 Å². The zero-order valence-electron chi connectivity index (χ0n) is 20.9. The van der Waals surface area contributed by atoms with Gasteiger partial charge in [-0.1, -0.05) is 26.8 Å². The maximum atomic E-state index is 13.3. The van der Waals surface area contributed by atoms with Gasteiger partial charge in [0.1, 0.15) is 11.9 Å². The zero-order chi connectivity index (χ0) is 25.4. The van der Waals surface area contributed by atoms with Gasteiger partial charge in [0.15, 0.2) is 5.65 Å². The van der Waals surface area contributed by atoms with Crippen molar-refractivity contribution in [3.05, 3.63) is 69.9 Å². The number of hydrogen-bond acceptors (Lipinski definition) is 7. The highest BCUT2D eigenvalue weighted by Crippen LogP contribution is 2.25. The SMILES string of the molecule is CNC(=O)Cn1c(=O)c2cnc(Nc3ccc4c(c3)CCNC4)nc2n1-c1ccnc(C(C)(C)C)c1. The minimum atomic E-state index is -0.337. The number of carbonyl (C=O) groups excluding carboxylic acids is 1. The van der Waals surface area contributed by atoms with Crippen molar-refractivity contribution in [1.29, 1.82) is 0 Å². The van der Waals surface area contributed by atoms with Gasteiger partial charge in [-0.2, -0.15) is 4.98 Å². The molecule has 4 aromatic rings. The number of benzene rings is 1. The highest BCUT2D eigenvalue weighted by molar-refractivity contribution is 5.79. The Morgan fingerprint density at radius 3 is 2.75 bits per heavy atom. The fraction of sp³-hybridized carbons (Fsp3) is 0.346. The predicted octanol–water partition coefficient (Wildman–Crippen LogP) is 2.41. The Labute approximate surface area is 208 Å². The third-order valence-electron chi connectivity index (χ3n) is 6.35. The van der Waals surface area contributed by atoms with E-state index >= 15 is 0 Å². The third-order valence-corrected chi connectivity index (χ3v) is 6.35. The van der Waals surface area contributed by atoms with Gasteiger partial charge in [0.2, 0.25) is 11.9 Å². The van der Waals surface area contributed by atoms with E-state index in [0.29, 0.717) is 22.7 Å². The highest BCUT2D eigenvalue weighted by atomic mass is 16.2. The largest absolute Gasteiger partial charge is 0.358 e. The lowest BCUT2D eigenvalue weighted by molar-refractivity contribution is -0.121. The van der Waals surface area contributed by atoms with E-state index in [0.717, 1.165) is 30.9 Å². The molecule has 1 aliphatic rings. The molecule has 1 aliphatic heterocycles. The summed E-state index contributed by atoms with van der Waals surface area (Å²) >= 11 is 0. The zero-order valence-corrected chi connectivity index (χ0v) is 20.9. The van der Waals surface area contributed by atoms with E-state index in [9.17, 15) is 9.59 Å². The van der Waals surface area contributed by atoms with Crippen molar-refractivity contribution in [1.82, 2.24) is 34.9 Å². The van der Waals surface area contributed by atoms with Crippen LogP contribution in [0.5, 0.6) is 0 Å². The van der Waals surface area contributed by atoms with Crippen LogP contribution < -0.4 is 21.5 Å². The van der Waals surface area contributed by atoms with E-state index in [1.165, 1.54) is 22.0 Å². The van der Waals surface area contributed by atoms with E-state index < -0.39 is 0 Å². The summed E-state index contributed by atoms with van der Waals surface area (Å²) in [6, 6.07) is 9.95. The number of nitrogens with one attached hydrogen (secondary N) is 3. The fourth-order valence-corrected chi connectivity index (χ4v) is 4.35. The molecule has 10 heteroatoms. The monoisotopic (exact) mass is 486 g/mol. The van der Waals surface area contributed by atoms with Gasteiger partial charge < -0.3 is 16.0 Å². The van der Waals surface area contributed by atoms with Crippen molar-refractivity contribution in [2.45, 2.75) is 45.7 Å². The number of amides is 1. The minimum absolute atomic E-state index is 0.152. The molecule has 0 radical (unpaired) electrons. The van der Waals surface area contributed by atoms with Gasteiger partial charge in [-0.25, -0.2) is 14.3 Å². The standard InChI is InChI=1S/C26H30N8O2/c1-26(2,3)21-12-19(8-10-29-21)34-23-20(24(36)33(34)15-22(35)27-4)14-30-25(32-23)31-18-6-5-17-13-28-9-7-16(17)11-18/h5-6,8,10-12,14,28H,7,9,13,15H2,1-4H3,(H,27,35)(H,30,31,32). The van der Waals surface area contributed by atoms with Crippen LogP contribution in [0, 0.1) is 0 Å². The molecule has 4 heterocycles. The number of anilines is 2. The van der Waals surface area contributed by atoms with Crippen LogP contribution in [0.2, 0.25) is 0 Å². The Bertz CT molecular complexity index is 1510. The summed E-state index contributed by atoms with van der Waals surface area (Å²) in [7, 11) is 1.54. The second kappa shape index (κ2) is 9.19. The number of pyridine rings is 1. The summed E-state index contributed by atoms with van der Waals surface area (Å²) in [6.45, 7) is 7.88. The lowest BCUT2D eigenvalue weighted by Gasteiger charge is -2.19. The van der Waals surface area contributed by atoms with Gasteiger partial charge in [0.25, 0.3) is 5.56 Å². The van der Waals surface area contributed by atoms with E-state index in [1.54, 1.807) is 24.0 Å². The van der Waals surface area contributed by atoms with Crippen molar-refractivity contribution in [2.24, 2.45) is 0 Å². The molecule has 3 N–H and O–H groups in total. The van der Waals surface area contributed by atoms with Gasteiger partial charge in [0.05, 0.1) is 5.69 Å². The van der Waals surface area contributed by atoms with Crippen molar-refractivity contribution in [3.8, 4) is 5.69 Å². The maximum absolute atomic E-state index is 13.3. The van der Waals surface area contributed by atoms with Gasteiger partial charge >= 0.3 is 0 Å². The number of nitrogens with zero attached hydrogens (tertiary/aromatic N) is 5. The second-order valence-electron chi connectivity index (χ2n) is 9.96. The molecule has 5 rings (SSSR count). The average Bonchev–Trinajstić information content (AvgIpc) is 3.14. The molecule has 0 aliphatic carbocycles. The molecule has 10 nitrogen and oxygen atoms in total. The molecule has 0 bridgehead atoms. The lowest BCUT2D eigenvalue weighted by Crippen LogP contribution is -2.32. The lowest BCUT2D eigenvalue weighted by atomic mass is 9.91. The topological polar surface area (TPSA) is 119 Å². The van der Waals surface area contributed by atoms with Crippen LogP contribution in [0.3, 0.4) is 0 Å². The van der Waals surface area contributed by atoms with E-state index in [4.69, 9.17) is 4.98 Å². The molecule has 0 saturated carbocycles. The first kappa shape index (κ1) is 23.7. The molecular weight excluding hydrogens is 456 g/mol. The number of hydrogen-bond donors (Lipinski definition) is 3. The van der Waals surface area contributed by atoms with Crippen molar-refractivity contribution < 1.29 is 4.79 Å². The first-order chi connectivity index (χ1) is 17.2.